The minimum Gasteiger partial charge on any atom is -0.437 e. The molecule has 0 aliphatic rings. The van der Waals surface area contributed by atoms with E-state index in [9.17, 15) is 0 Å². The molecule has 0 aromatic carbocycles. The summed E-state index contributed by atoms with van der Waals surface area (Å²) in [6, 6.07) is 2.41. The first-order valence-electron chi connectivity index (χ1n) is 12.6. The maximum absolute atomic E-state index is 6.75. The Labute approximate surface area is 199 Å². The van der Waals surface area contributed by atoms with Crippen LogP contribution in [0.3, 0.4) is 0 Å². The van der Waals surface area contributed by atoms with E-state index < -0.39 is 25.2 Å². The van der Waals surface area contributed by atoms with Crippen LogP contribution in [0.1, 0.15) is 67.2 Å². The third kappa shape index (κ3) is 20.8. The molecule has 2 N–H and O–H groups in total. The van der Waals surface area contributed by atoms with Gasteiger partial charge >= 0.3 is 8.56 Å². The molecule has 0 amide bonds. The Bertz CT molecular complexity index is 442. The van der Waals surface area contributed by atoms with Crippen LogP contribution in [0.2, 0.25) is 51.4 Å². The van der Waals surface area contributed by atoms with Gasteiger partial charge < -0.3 is 18.9 Å². The van der Waals surface area contributed by atoms with E-state index in [2.05, 4.69) is 91.5 Å². The molecule has 4 nitrogen and oxygen atoms in total. The van der Waals surface area contributed by atoms with Gasteiger partial charge in [-0.15, -0.1) is 0 Å². The van der Waals surface area contributed by atoms with Crippen LogP contribution >= 0.6 is 0 Å². The van der Waals surface area contributed by atoms with E-state index >= 15 is 0 Å². The molecule has 31 heavy (non-hydrogen) atoms. The van der Waals surface area contributed by atoms with E-state index in [0.717, 1.165) is 26.2 Å². The van der Waals surface area contributed by atoms with Crippen molar-refractivity contribution in [3.8, 4) is 0 Å². The molecule has 0 atom stereocenters. The van der Waals surface area contributed by atoms with Gasteiger partial charge in [0.25, 0.3) is 0 Å². The first-order valence-corrected chi connectivity index (χ1v) is 21.7. The monoisotopic (exact) mass is 490 g/mol. The fourth-order valence-corrected chi connectivity index (χ4v) is 18.0. The standard InChI is InChI=1S/C24H58N2O2Si3/c1-23(2,3)15-19-25-17-13-21-29(7,8)27-31(11,12)28-30(9,10)22-14-18-26-20-16-24(4,5)6/h25-26H,13-22H2,1-12H3. The Morgan fingerprint density at radius 1 is 0.548 bits per heavy atom. The zero-order chi connectivity index (χ0) is 24.4. The molecule has 0 saturated carbocycles. The second-order valence-electron chi connectivity index (χ2n) is 13.5. The van der Waals surface area contributed by atoms with E-state index in [-0.39, 0.29) is 0 Å². The molecule has 0 radical (unpaired) electrons. The zero-order valence-electron chi connectivity index (χ0n) is 23.4. The Kier molecular flexibility index (Phi) is 13.6. The van der Waals surface area contributed by atoms with Crippen LogP contribution in [0, 0.1) is 10.8 Å². The van der Waals surface area contributed by atoms with Crippen molar-refractivity contribution >= 4 is 25.2 Å². The molecule has 0 rings (SSSR count). The summed E-state index contributed by atoms with van der Waals surface area (Å²) in [6.07, 6.45) is 4.86. The molecule has 0 fully saturated rings. The second-order valence-corrected chi connectivity index (χ2v) is 25.9. The molecule has 0 aromatic heterocycles. The molecule has 0 saturated heterocycles. The summed E-state index contributed by atoms with van der Waals surface area (Å²) in [5, 5.41) is 7.22. The third-order valence-electron chi connectivity index (χ3n) is 5.41. The smallest absolute Gasteiger partial charge is 0.311 e. The molecular weight excluding hydrogens is 433 g/mol. The van der Waals surface area contributed by atoms with E-state index in [4.69, 9.17) is 8.23 Å². The molecule has 0 aromatic rings. The fourth-order valence-electron chi connectivity index (χ4n) is 3.91. The predicted octanol–water partition coefficient (Wildman–Crippen LogP) is 6.96. The lowest BCUT2D eigenvalue weighted by Gasteiger charge is -2.39. The number of hydrogen-bond acceptors (Lipinski definition) is 4. The Morgan fingerprint density at radius 2 is 0.871 bits per heavy atom. The molecule has 0 aliphatic carbocycles. The van der Waals surface area contributed by atoms with E-state index in [1.807, 2.05) is 0 Å². The summed E-state index contributed by atoms with van der Waals surface area (Å²) in [5.41, 5.74) is 0.826. The van der Waals surface area contributed by atoms with Gasteiger partial charge in [-0.3, -0.25) is 0 Å². The minimum atomic E-state index is -2.09. The average molecular weight is 491 g/mol. The van der Waals surface area contributed by atoms with Crippen molar-refractivity contribution in [3.05, 3.63) is 0 Å². The highest BCUT2D eigenvalue weighted by Gasteiger charge is 2.39. The van der Waals surface area contributed by atoms with Crippen molar-refractivity contribution in [1.82, 2.24) is 10.6 Å². The van der Waals surface area contributed by atoms with Crippen LogP contribution in [0.15, 0.2) is 0 Å². The van der Waals surface area contributed by atoms with Crippen LogP contribution in [0.25, 0.3) is 0 Å². The van der Waals surface area contributed by atoms with Gasteiger partial charge in [-0.05, 0) is 114 Å². The summed E-state index contributed by atoms with van der Waals surface area (Å²) in [6.45, 7) is 32.3. The molecular formula is C24H58N2O2Si3. The summed E-state index contributed by atoms with van der Waals surface area (Å²) < 4.78 is 13.5. The lowest BCUT2D eigenvalue weighted by atomic mass is 9.92. The highest BCUT2D eigenvalue weighted by Crippen LogP contribution is 2.26. The first kappa shape index (κ1) is 31.5. The van der Waals surface area contributed by atoms with Gasteiger partial charge in [0.15, 0.2) is 16.6 Å². The van der Waals surface area contributed by atoms with Crippen LogP contribution in [0.4, 0.5) is 0 Å². The lowest BCUT2D eigenvalue weighted by Crippen LogP contribution is -2.52. The van der Waals surface area contributed by atoms with Gasteiger partial charge in [-0.1, -0.05) is 41.5 Å². The molecule has 7 heteroatoms. The maximum atomic E-state index is 6.75. The molecule has 0 aliphatic heterocycles. The normalized spacial score (nSPS) is 14.3. The van der Waals surface area contributed by atoms with Gasteiger partial charge in [-0.2, -0.15) is 0 Å². The molecule has 188 valence electrons. The maximum Gasteiger partial charge on any atom is 0.311 e. The largest absolute Gasteiger partial charge is 0.437 e. The minimum absolute atomic E-state index is 0.413. The number of hydrogen-bond donors (Lipinski definition) is 2. The van der Waals surface area contributed by atoms with Crippen molar-refractivity contribution in [2.75, 3.05) is 26.2 Å². The lowest BCUT2D eigenvalue weighted by molar-refractivity contribution is 0.365. The number of rotatable bonds is 16. The molecule has 0 bridgehead atoms. The molecule has 0 heterocycles. The number of nitrogens with one attached hydrogen (secondary N) is 2. The van der Waals surface area contributed by atoms with Crippen molar-refractivity contribution in [2.24, 2.45) is 10.8 Å². The van der Waals surface area contributed by atoms with Crippen LogP contribution in [0.5, 0.6) is 0 Å². The fraction of sp³-hybridized carbons (Fsp3) is 1.00. The van der Waals surface area contributed by atoms with Gasteiger partial charge in [0, 0.05) is 0 Å². The van der Waals surface area contributed by atoms with Crippen molar-refractivity contribution in [1.29, 1.82) is 0 Å². The zero-order valence-corrected chi connectivity index (χ0v) is 26.4. The van der Waals surface area contributed by atoms with Gasteiger partial charge in [0.1, 0.15) is 0 Å². The SMILES string of the molecule is CC(C)(C)CCNCCC[Si](C)(C)O[Si](C)(C)O[Si](C)(C)CCCNCCC(C)(C)C. The quantitative estimate of drug-likeness (QED) is 0.181. The van der Waals surface area contributed by atoms with Gasteiger partial charge in [0.2, 0.25) is 0 Å². The highest BCUT2D eigenvalue weighted by atomic mass is 28.5. The summed E-state index contributed by atoms with van der Waals surface area (Å²) >= 11 is 0. The predicted molar refractivity (Wildman–Crippen MR) is 147 cm³/mol. The molecule has 0 unspecified atom stereocenters. The topological polar surface area (TPSA) is 42.5 Å². The van der Waals surface area contributed by atoms with Crippen LogP contribution in [-0.2, 0) is 8.23 Å². The van der Waals surface area contributed by atoms with Crippen molar-refractivity contribution in [2.45, 2.75) is 119 Å². The summed E-state index contributed by atoms with van der Waals surface area (Å²) in [5.74, 6) is 0. The Balaban J connectivity index is 4.21. The molecule has 0 spiro atoms. The highest BCUT2D eigenvalue weighted by molar-refractivity contribution is 6.87. The van der Waals surface area contributed by atoms with Gasteiger partial charge in [0.05, 0.1) is 0 Å². The second kappa shape index (κ2) is 13.4. The average Bonchev–Trinajstić information content (AvgIpc) is 2.49. The van der Waals surface area contributed by atoms with Crippen LogP contribution < -0.4 is 10.6 Å². The summed E-state index contributed by atoms with van der Waals surface area (Å²) in [7, 11) is -5.48. The van der Waals surface area contributed by atoms with Crippen molar-refractivity contribution in [3.63, 3.8) is 0 Å². The van der Waals surface area contributed by atoms with Crippen molar-refractivity contribution < 1.29 is 8.23 Å². The van der Waals surface area contributed by atoms with E-state index in [0.29, 0.717) is 10.8 Å². The van der Waals surface area contributed by atoms with Gasteiger partial charge in [-0.25, -0.2) is 0 Å². The van der Waals surface area contributed by atoms with E-state index in [1.165, 1.54) is 37.8 Å². The Hall–Kier alpha value is 0.491. The Morgan fingerprint density at radius 3 is 1.16 bits per heavy atom. The third-order valence-corrected chi connectivity index (χ3v) is 16.9. The van der Waals surface area contributed by atoms with Crippen LogP contribution in [-0.4, -0.2) is 51.4 Å². The summed E-state index contributed by atoms with van der Waals surface area (Å²) in [4.78, 5) is 0. The first-order chi connectivity index (χ1) is 13.8. The van der Waals surface area contributed by atoms with E-state index in [1.54, 1.807) is 0 Å².